The van der Waals surface area contributed by atoms with Crippen molar-refractivity contribution in [1.82, 2.24) is 10.2 Å². The minimum atomic E-state index is -0.400. The van der Waals surface area contributed by atoms with Gasteiger partial charge in [-0.05, 0) is 32.7 Å². The molecule has 3 N–H and O–H groups in total. The Kier molecular flexibility index (Phi) is 12.2. The van der Waals surface area contributed by atoms with Gasteiger partial charge in [-0.1, -0.05) is 13.3 Å². The van der Waals surface area contributed by atoms with Crippen LogP contribution in [0.25, 0.3) is 0 Å². The summed E-state index contributed by atoms with van der Waals surface area (Å²) in [6, 6.07) is 0.310. The molecule has 0 bridgehead atoms. The quantitative estimate of drug-likeness (QED) is 0.810. The molecule has 0 radical (unpaired) electrons. The summed E-state index contributed by atoms with van der Waals surface area (Å²) < 4.78 is 0. The van der Waals surface area contributed by atoms with Crippen molar-refractivity contribution >= 4 is 30.7 Å². The van der Waals surface area contributed by atoms with Gasteiger partial charge in [-0.2, -0.15) is 0 Å². The van der Waals surface area contributed by atoms with E-state index in [1.807, 2.05) is 0 Å². The van der Waals surface area contributed by atoms with Crippen molar-refractivity contribution in [2.45, 2.75) is 51.6 Å². The molecule has 1 saturated heterocycles. The fourth-order valence-electron chi connectivity index (χ4n) is 2.30. The predicted molar refractivity (Wildman–Crippen MR) is 80.7 cm³/mol. The number of hydrogen-bond acceptors (Lipinski definition) is 3. The minimum absolute atomic E-state index is 0. The Labute approximate surface area is 123 Å². The summed E-state index contributed by atoms with van der Waals surface area (Å²) in [5, 5.41) is 2.87. The number of likely N-dealkylation sites (tertiary alicyclic amines) is 1. The first kappa shape index (κ1) is 20.3. The summed E-state index contributed by atoms with van der Waals surface area (Å²) in [7, 11) is 0. The topological polar surface area (TPSA) is 58.4 Å². The van der Waals surface area contributed by atoms with Crippen molar-refractivity contribution in [3.05, 3.63) is 0 Å². The highest BCUT2D eigenvalue weighted by Gasteiger charge is 2.20. The molecule has 2 atom stereocenters. The second-order valence-electron chi connectivity index (χ2n) is 4.67. The lowest BCUT2D eigenvalue weighted by molar-refractivity contribution is -0.122. The molecule has 1 aliphatic rings. The molecule has 1 aliphatic heterocycles. The highest BCUT2D eigenvalue weighted by atomic mass is 35.5. The van der Waals surface area contributed by atoms with E-state index in [2.05, 4.69) is 17.1 Å². The van der Waals surface area contributed by atoms with Crippen molar-refractivity contribution in [3.63, 3.8) is 0 Å². The van der Waals surface area contributed by atoms with Gasteiger partial charge in [-0.15, -0.1) is 24.8 Å². The zero-order valence-electron chi connectivity index (χ0n) is 11.4. The zero-order chi connectivity index (χ0) is 12.0. The molecule has 0 spiro atoms. The van der Waals surface area contributed by atoms with Gasteiger partial charge in [0.2, 0.25) is 5.91 Å². The van der Waals surface area contributed by atoms with Crippen molar-refractivity contribution in [2.75, 3.05) is 19.6 Å². The van der Waals surface area contributed by atoms with E-state index in [9.17, 15) is 4.79 Å². The summed E-state index contributed by atoms with van der Waals surface area (Å²) in [4.78, 5) is 13.8. The molecule has 1 heterocycles. The Bertz CT molecular complexity index is 227. The van der Waals surface area contributed by atoms with E-state index in [1.54, 1.807) is 6.92 Å². The van der Waals surface area contributed by atoms with Crippen molar-refractivity contribution in [3.8, 4) is 0 Å². The van der Waals surface area contributed by atoms with Crippen LogP contribution >= 0.6 is 24.8 Å². The van der Waals surface area contributed by atoms with Gasteiger partial charge in [0.25, 0.3) is 0 Å². The predicted octanol–water partition coefficient (Wildman–Crippen LogP) is 1.56. The molecular weight excluding hydrogens is 273 g/mol. The Morgan fingerprint density at radius 2 is 2.11 bits per heavy atom. The fourth-order valence-corrected chi connectivity index (χ4v) is 2.30. The van der Waals surface area contributed by atoms with E-state index in [0.717, 1.165) is 13.1 Å². The van der Waals surface area contributed by atoms with E-state index in [1.165, 1.54) is 32.2 Å². The van der Waals surface area contributed by atoms with Crippen molar-refractivity contribution in [1.29, 1.82) is 0 Å². The average Bonchev–Trinajstić information content (AvgIpc) is 2.29. The number of carbonyl (C=O) groups excluding carboxylic acids is 1. The van der Waals surface area contributed by atoms with Gasteiger partial charge in [-0.3, -0.25) is 9.69 Å². The van der Waals surface area contributed by atoms with Crippen LogP contribution in [0.1, 0.15) is 39.5 Å². The zero-order valence-corrected chi connectivity index (χ0v) is 13.0. The maximum atomic E-state index is 11.3. The molecule has 6 heteroatoms. The van der Waals surface area contributed by atoms with Crippen LogP contribution in [0.3, 0.4) is 0 Å². The molecule has 1 fully saturated rings. The number of carbonyl (C=O) groups is 1. The second kappa shape index (κ2) is 10.9. The van der Waals surface area contributed by atoms with Crippen LogP contribution in [0.4, 0.5) is 0 Å². The smallest absolute Gasteiger partial charge is 0.236 e. The standard InChI is InChI=1S/C12H25N3O.2ClH/c1-3-11-6-4-5-8-15(11)9-7-14-12(16)10(2)13;;/h10-11H,3-9,13H2,1-2H3,(H,14,16);2*1H/t10-,11?;;/m1../s1. The molecule has 0 aromatic rings. The third kappa shape index (κ3) is 6.78. The third-order valence-corrected chi connectivity index (χ3v) is 3.33. The average molecular weight is 300 g/mol. The van der Waals surface area contributed by atoms with Crippen LogP contribution in [-0.4, -0.2) is 42.5 Å². The summed E-state index contributed by atoms with van der Waals surface area (Å²) in [6.45, 7) is 6.80. The Morgan fingerprint density at radius 3 is 2.67 bits per heavy atom. The summed E-state index contributed by atoms with van der Waals surface area (Å²) >= 11 is 0. The van der Waals surface area contributed by atoms with Crippen LogP contribution in [0.5, 0.6) is 0 Å². The number of halogens is 2. The van der Waals surface area contributed by atoms with Gasteiger partial charge in [0.05, 0.1) is 6.04 Å². The minimum Gasteiger partial charge on any atom is -0.353 e. The van der Waals surface area contributed by atoms with Gasteiger partial charge in [0.1, 0.15) is 0 Å². The Morgan fingerprint density at radius 1 is 1.44 bits per heavy atom. The molecule has 110 valence electrons. The van der Waals surface area contributed by atoms with Gasteiger partial charge in [0.15, 0.2) is 0 Å². The van der Waals surface area contributed by atoms with Crippen LogP contribution in [0.2, 0.25) is 0 Å². The van der Waals surface area contributed by atoms with Gasteiger partial charge in [-0.25, -0.2) is 0 Å². The number of nitrogens with zero attached hydrogens (tertiary/aromatic N) is 1. The maximum Gasteiger partial charge on any atom is 0.236 e. The SMILES string of the molecule is CCC1CCCCN1CCNC(=O)[C@@H](C)N.Cl.Cl. The maximum absolute atomic E-state index is 11.3. The lowest BCUT2D eigenvalue weighted by atomic mass is 10.0. The molecular formula is C12H27Cl2N3O. The first-order valence-corrected chi connectivity index (χ1v) is 6.42. The molecule has 18 heavy (non-hydrogen) atoms. The highest BCUT2D eigenvalue weighted by molar-refractivity contribution is 5.85. The molecule has 1 amide bonds. The van der Waals surface area contributed by atoms with E-state index in [-0.39, 0.29) is 30.7 Å². The van der Waals surface area contributed by atoms with Crippen molar-refractivity contribution < 1.29 is 4.79 Å². The Balaban J connectivity index is 0. The summed E-state index contributed by atoms with van der Waals surface area (Å²) in [5.41, 5.74) is 5.48. The number of rotatable bonds is 5. The highest BCUT2D eigenvalue weighted by Crippen LogP contribution is 2.18. The van der Waals surface area contributed by atoms with E-state index < -0.39 is 6.04 Å². The van der Waals surface area contributed by atoms with Crippen LogP contribution in [-0.2, 0) is 4.79 Å². The monoisotopic (exact) mass is 299 g/mol. The molecule has 0 aromatic heterocycles. The molecule has 1 rings (SSSR count). The fraction of sp³-hybridized carbons (Fsp3) is 0.917. The molecule has 4 nitrogen and oxygen atoms in total. The van der Waals surface area contributed by atoms with Crippen LogP contribution in [0.15, 0.2) is 0 Å². The van der Waals surface area contributed by atoms with Gasteiger partial charge in [0, 0.05) is 19.1 Å². The molecule has 1 unspecified atom stereocenters. The number of piperidine rings is 1. The third-order valence-electron chi connectivity index (χ3n) is 3.33. The number of amides is 1. The number of nitrogens with one attached hydrogen (secondary N) is 1. The van der Waals surface area contributed by atoms with E-state index >= 15 is 0 Å². The van der Waals surface area contributed by atoms with Crippen LogP contribution in [0, 0.1) is 0 Å². The number of nitrogens with two attached hydrogens (primary N) is 1. The summed E-state index contributed by atoms with van der Waals surface area (Å²) in [5.74, 6) is -0.0509. The largest absolute Gasteiger partial charge is 0.353 e. The molecule has 0 saturated carbocycles. The lowest BCUT2D eigenvalue weighted by Crippen LogP contribution is -2.46. The number of hydrogen-bond donors (Lipinski definition) is 2. The van der Waals surface area contributed by atoms with Crippen LogP contribution < -0.4 is 11.1 Å². The Hall–Kier alpha value is -0.0300. The second-order valence-corrected chi connectivity index (χ2v) is 4.67. The normalized spacial score (nSPS) is 21.4. The van der Waals surface area contributed by atoms with Gasteiger partial charge < -0.3 is 11.1 Å². The van der Waals surface area contributed by atoms with E-state index in [0.29, 0.717) is 6.04 Å². The molecule has 0 aromatic carbocycles. The summed E-state index contributed by atoms with van der Waals surface area (Å²) in [6.07, 6.45) is 5.15. The van der Waals surface area contributed by atoms with Gasteiger partial charge >= 0.3 is 0 Å². The lowest BCUT2D eigenvalue weighted by Gasteiger charge is -2.35. The first-order chi connectivity index (χ1) is 7.65. The van der Waals surface area contributed by atoms with Crippen molar-refractivity contribution in [2.24, 2.45) is 5.73 Å². The molecule has 0 aliphatic carbocycles. The first-order valence-electron chi connectivity index (χ1n) is 6.42. The van der Waals surface area contributed by atoms with E-state index in [4.69, 9.17) is 5.73 Å².